The van der Waals surface area contributed by atoms with Gasteiger partial charge in [0.25, 0.3) is 5.92 Å². The van der Waals surface area contributed by atoms with E-state index in [0.29, 0.717) is 0 Å². The van der Waals surface area contributed by atoms with E-state index in [9.17, 15) is 8.78 Å². The highest BCUT2D eigenvalue weighted by Gasteiger charge is 2.38. The van der Waals surface area contributed by atoms with Crippen molar-refractivity contribution in [2.45, 2.75) is 12.0 Å². The minimum absolute atomic E-state index is 0. The third-order valence-corrected chi connectivity index (χ3v) is 1.87. The van der Waals surface area contributed by atoms with Gasteiger partial charge in [-0.25, -0.2) is 13.8 Å². The monoisotopic (exact) mass is 239 g/mol. The number of hydrogen-bond acceptors (Lipinski definition) is 4. The maximum atomic E-state index is 13.0. The Labute approximate surface area is 91.7 Å². The summed E-state index contributed by atoms with van der Waals surface area (Å²) in [5.41, 5.74) is 10.7. The van der Waals surface area contributed by atoms with Crippen LogP contribution in [-0.4, -0.2) is 22.6 Å². The van der Waals surface area contributed by atoms with Gasteiger partial charge in [-0.05, 0) is 6.07 Å². The van der Waals surface area contributed by atoms with Gasteiger partial charge in [-0.3, -0.25) is 0 Å². The zero-order valence-corrected chi connectivity index (χ0v) is 8.55. The predicted molar refractivity (Wildman–Crippen MR) is 54.9 cm³/mol. The Balaban J connectivity index is 0.00000196. The molecule has 0 saturated carbocycles. The summed E-state index contributed by atoms with van der Waals surface area (Å²) >= 11 is 0. The van der Waals surface area contributed by atoms with E-state index < -0.39 is 18.6 Å². The maximum Gasteiger partial charge on any atom is 0.289 e. The molecule has 0 unspecified atom stereocenters. The lowest BCUT2D eigenvalue weighted by Crippen LogP contribution is -2.36. The lowest BCUT2D eigenvalue weighted by atomic mass is 10.0. The molecule has 1 rings (SSSR count). The second-order valence-electron chi connectivity index (χ2n) is 2.87. The Hall–Kier alpha value is -0.980. The van der Waals surface area contributed by atoms with Crippen LogP contribution in [0.3, 0.4) is 0 Å². The molecule has 0 bridgehead atoms. The zero-order valence-electron chi connectivity index (χ0n) is 7.73. The third-order valence-electron chi connectivity index (χ3n) is 1.87. The fraction of sp³-hybridized carbons (Fsp3) is 0.375. The van der Waals surface area contributed by atoms with Gasteiger partial charge in [0.15, 0.2) is 0 Å². The van der Waals surface area contributed by atoms with Crippen LogP contribution in [0, 0.1) is 0 Å². The van der Waals surface area contributed by atoms with Crippen LogP contribution in [0.15, 0.2) is 18.3 Å². The van der Waals surface area contributed by atoms with Crippen molar-refractivity contribution >= 4 is 18.2 Å². The van der Waals surface area contributed by atoms with Crippen molar-refractivity contribution in [3.63, 3.8) is 0 Å². The summed E-state index contributed by atoms with van der Waals surface area (Å²) in [5, 5.41) is 8.43. The van der Waals surface area contributed by atoms with Gasteiger partial charge in [0, 0.05) is 11.8 Å². The van der Waals surface area contributed by atoms with Crippen LogP contribution in [-0.2, 0) is 0 Å². The number of aliphatic hydroxyl groups is 1. The summed E-state index contributed by atoms with van der Waals surface area (Å²) in [6.45, 7) is -1.32. The highest BCUT2D eigenvalue weighted by Crippen LogP contribution is 2.30. The normalized spacial score (nSPS) is 13.1. The van der Waals surface area contributed by atoms with Crippen molar-refractivity contribution < 1.29 is 13.9 Å². The average Bonchev–Trinajstić information content (AvgIpc) is 2.17. The molecule has 0 saturated heterocycles. The Morgan fingerprint density at radius 2 is 2.13 bits per heavy atom. The molecule has 0 radical (unpaired) electrons. The van der Waals surface area contributed by atoms with Crippen LogP contribution in [0.25, 0.3) is 0 Å². The molecule has 0 aromatic carbocycles. The summed E-state index contributed by atoms with van der Waals surface area (Å²) in [4.78, 5) is 3.63. The summed E-state index contributed by atoms with van der Waals surface area (Å²) in [6.07, 6.45) is 1.38. The Kier molecular flexibility index (Phi) is 4.86. The van der Waals surface area contributed by atoms with Crippen molar-refractivity contribution in [3.05, 3.63) is 23.9 Å². The van der Waals surface area contributed by atoms with E-state index in [1.54, 1.807) is 0 Å². The fourth-order valence-electron chi connectivity index (χ4n) is 1.02. The van der Waals surface area contributed by atoms with Crippen molar-refractivity contribution in [2.24, 2.45) is 5.73 Å². The SMILES string of the molecule is Cl.Nc1ncccc1[C@H](N)C(F)(F)CO. The quantitative estimate of drug-likeness (QED) is 0.725. The number of aliphatic hydroxyl groups excluding tert-OH is 1. The number of nitrogens with zero attached hydrogens (tertiary/aromatic N) is 1. The molecule has 15 heavy (non-hydrogen) atoms. The van der Waals surface area contributed by atoms with Gasteiger partial charge in [0.05, 0.1) is 0 Å². The van der Waals surface area contributed by atoms with Gasteiger partial charge < -0.3 is 16.6 Å². The van der Waals surface area contributed by atoms with Gasteiger partial charge >= 0.3 is 0 Å². The number of halogens is 3. The largest absolute Gasteiger partial charge is 0.390 e. The highest BCUT2D eigenvalue weighted by molar-refractivity contribution is 5.85. The molecule has 5 N–H and O–H groups in total. The highest BCUT2D eigenvalue weighted by atomic mass is 35.5. The number of pyridine rings is 1. The molecule has 86 valence electrons. The number of hydrogen-bond donors (Lipinski definition) is 3. The summed E-state index contributed by atoms with van der Waals surface area (Å²) < 4.78 is 25.9. The Bertz CT molecular complexity index is 325. The number of anilines is 1. The van der Waals surface area contributed by atoms with E-state index >= 15 is 0 Å². The summed E-state index contributed by atoms with van der Waals surface area (Å²) in [7, 11) is 0. The molecular weight excluding hydrogens is 228 g/mol. The topological polar surface area (TPSA) is 85.2 Å². The number of rotatable bonds is 3. The van der Waals surface area contributed by atoms with Crippen LogP contribution in [0.4, 0.5) is 14.6 Å². The molecule has 0 spiro atoms. The second-order valence-corrected chi connectivity index (χ2v) is 2.87. The van der Waals surface area contributed by atoms with Crippen LogP contribution in [0.5, 0.6) is 0 Å². The van der Waals surface area contributed by atoms with E-state index in [-0.39, 0.29) is 23.8 Å². The molecule has 0 amide bonds. The molecule has 1 aromatic rings. The van der Waals surface area contributed by atoms with Crippen LogP contribution in [0.1, 0.15) is 11.6 Å². The van der Waals surface area contributed by atoms with Crippen molar-refractivity contribution in [1.82, 2.24) is 4.98 Å². The minimum Gasteiger partial charge on any atom is -0.390 e. The first-order valence-corrected chi connectivity index (χ1v) is 3.93. The van der Waals surface area contributed by atoms with Gasteiger partial charge in [0.2, 0.25) is 0 Å². The molecule has 7 heteroatoms. The molecule has 1 atom stereocenters. The standard InChI is InChI=1S/C8H11F2N3O.ClH/c9-8(10,4-14)6(11)5-2-1-3-13-7(5)12;/h1-3,6,14H,4,11H2,(H2,12,13);1H/t6-;/m0./s1. The van der Waals surface area contributed by atoms with Crippen LogP contribution >= 0.6 is 12.4 Å². The summed E-state index contributed by atoms with van der Waals surface area (Å²) in [5.74, 6) is -3.44. The van der Waals surface area contributed by atoms with Gasteiger partial charge in [-0.15, -0.1) is 12.4 Å². The average molecular weight is 240 g/mol. The van der Waals surface area contributed by atoms with Crippen molar-refractivity contribution in [1.29, 1.82) is 0 Å². The van der Waals surface area contributed by atoms with Crippen molar-refractivity contribution in [2.75, 3.05) is 12.3 Å². The van der Waals surface area contributed by atoms with Gasteiger partial charge in [-0.2, -0.15) is 0 Å². The van der Waals surface area contributed by atoms with Crippen molar-refractivity contribution in [3.8, 4) is 0 Å². The zero-order chi connectivity index (χ0) is 10.8. The molecule has 1 aromatic heterocycles. The van der Waals surface area contributed by atoms with E-state index in [1.165, 1.54) is 18.3 Å². The Morgan fingerprint density at radius 1 is 1.53 bits per heavy atom. The van der Waals surface area contributed by atoms with Gasteiger partial charge in [-0.1, -0.05) is 6.07 Å². The van der Waals surface area contributed by atoms with E-state index in [1.807, 2.05) is 0 Å². The molecule has 1 heterocycles. The second kappa shape index (κ2) is 5.20. The first kappa shape index (κ1) is 14.0. The molecule has 0 aliphatic carbocycles. The Morgan fingerprint density at radius 3 is 2.60 bits per heavy atom. The lowest BCUT2D eigenvalue weighted by molar-refractivity contribution is -0.0710. The summed E-state index contributed by atoms with van der Waals surface area (Å²) in [6, 6.07) is 1.18. The predicted octanol–water partition coefficient (Wildman–Crippen LogP) is 0.713. The first-order valence-electron chi connectivity index (χ1n) is 3.93. The molecule has 4 nitrogen and oxygen atoms in total. The van der Waals surface area contributed by atoms with Crippen LogP contribution < -0.4 is 11.5 Å². The number of aromatic nitrogens is 1. The smallest absolute Gasteiger partial charge is 0.289 e. The number of alkyl halides is 2. The van der Waals surface area contributed by atoms with Gasteiger partial charge in [0.1, 0.15) is 18.5 Å². The number of nitrogen functional groups attached to an aromatic ring is 1. The van der Waals surface area contributed by atoms with E-state index in [2.05, 4.69) is 4.98 Å². The van der Waals surface area contributed by atoms with E-state index in [4.69, 9.17) is 16.6 Å². The maximum absolute atomic E-state index is 13.0. The number of nitrogens with two attached hydrogens (primary N) is 2. The van der Waals surface area contributed by atoms with E-state index in [0.717, 1.165) is 0 Å². The van der Waals surface area contributed by atoms with Crippen LogP contribution in [0.2, 0.25) is 0 Å². The fourth-order valence-corrected chi connectivity index (χ4v) is 1.02. The lowest BCUT2D eigenvalue weighted by Gasteiger charge is -2.22. The first-order chi connectivity index (χ1) is 6.49. The molecule has 0 aliphatic rings. The molecular formula is C8H12ClF2N3O. The molecule has 0 aliphatic heterocycles. The minimum atomic E-state index is -3.39. The third kappa shape index (κ3) is 2.98. The molecule has 0 fully saturated rings.